The Morgan fingerprint density at radius 3 is 3.06 bits per heavy atom. The molecule has 1 aromatic heterocycles. The van der Waals surface area contributed by atoms with Gasteiger partial charge < -0.3 is 10.0 Å². The van der Waals surface area contributed by atoms with E-state index >= 15 is 0 Å². The number of thioether (sulfide) groups is 1. The smallest absolute Gasteiger partial charge is 0.327 e. The van der Waals surface area contributed by atoms with Gasteiger partial charge in [-0.1, -0.05) is 5.21 Å². The third kappa shape index (κ3) is 1.52. The first-order chi connectivity index (χ1) is 8.51. The van der Waals surface area contributed by atoms with Gasteiger partial charge in [0.05, 0.1) is 29.3 Å². The zero-order valence-electron chi connectivity index (χ0n) is 9.68. The van der Waals surface area contributed by atoms with Gasteiger partial charge in [-0.05, 0) is 6.92 Å². The van der Waals surface area contributed by atoms with Crippen LogP contribution in [0.1, 0.15) is 13.3 Å². The Hall–Kier alpha value is -1.57. The van der Waals surface area contributed by atoms with Gasteiger partial charge in [0.25, 0.3) is 0 Å². The van der Waals surface area contributed by atoms with Crippen LogP contribution in [0.4, 0.5) is 0 Å². The van der Waals surface area contributed by atoms with E-state index in [1.807, 2.05) is 6.92 Å². The number of aromatic nitrogens is 3. The van der Waals surface area contributed by atoms with Crippen LogP contribution in [-0.2, 0) is 16.1 Å². The highest BCUT2D eigenvalue weighted by Crippen LogP contribution is 2.51. The number of hydrogen-bond acceptors (Lipinski definition) is 5. The van der Waals surface area contributed by atoms with E-state index in [0.717, 1.165) is 0 Å². The van der Waals surface area contributed by atoms with Crippen molar-refractivity contribution in [1.29, 1.82) is 0 Å². The second kappa shape index (κ2) is 3.71. The van der Waals surface area contributed by atoms with Crippen LogP contribution >= 0.6 is 11.8 Å². The molecule has 3 atom stereocenters. The third-order valence-corrected chi connectivity index (χ3v) is 4.95. The van der Waals surface area contributed by atoms with Crippen molar-refractivity contribution < 1.29 is 14.7 Å². The fourth-order valence-electron chi connectivity index (χ4n) is 2.62. The van der Waals surface area contributed by atoms with E-state index in [0.29, 0.717) is 13.0 Å². The Bertz CT molecular complexity index is 505. The van der Waals surface area contributed by atoms with E-state index in [9.17, 15) is 14.7 Å². The summed E-state index contributed by atoms with van der Waals surface area (Å²) in [5.41, 5.74) is 0. The molecular weight excluding hydrogens is 256 g/mol. The second-order valence-corrected chi connectivity index (χ2v) is 6.44. The Morgan fingerprint density at radius 2 is 2.50 bits per heavy atom. The molecule has 0 saturated carbocycles. The van der Waals surface area contributed by atoms with Crippen molar-refractivity contribution in [2.24, 2.45) is 0 Å². The number of nitrogens with zero attached hydrogens (tertiary/aromatic N) is 4. The van der Waals surface area contributed by atoms with Gasteiger partial charge in [-0.25, -0.2) is 4.79 Å². The Balaban J connectivity index is 1.90. The van der Waals surface area contributed by atoms with Crippen molar-refractivity contribution in [3.05, 3.63) is 12.4 Å². The molecule has 1 amide bonds. The number of carbonyl (C=O) groups excluding carboxylic acids is 1. The molecular formula is C10H12N4O3S. The zero-order chi connectivity index (χ0) is 12.9. The SMILES string of the molecule is C[C@@]1(Cn2ccnn2)S[C@@H]2CC(=O)N2[C@@H]1C(=O)O. The largest absolute Gasteiger partial charge is 0.480 e. The summed E-state index contributed by atoms with van der Waals surface area (Å²) in [4.78, 5) is 24.4. The van der Waals surface area contributed by atoms with Crippen molar-refractivity contribution in [3.63, 3.8) is 0 Å². The molecule has 2 saturated heterocycles. The molecule has 0 aromatic carbocycles. The molecule has 96 valence electrons. The van der Waals surface area contributed by atoms with E-state index in [4.69, 9.17) is 0 Å². The fourth-order valence-corrected chi connectivity index (χ4v) is 4.37. The van der Waals surface area contributed by atoms with Crippen LogP contribution in [0.25, 0.3) is 0 Å². The summed E-state index contributed by atoms with van der Waals surface area (Å²) in [5.74, 6) is -1.04. The predicted octanol–water partition coefficient (Wildman–Crippen LogP) is -0.205. The molecule has 2 aliphatic rings. The first-order valence-corrected chi connectivity index (χ1v) is 6.45. The first-order valence-electron chi connectivity index (χ1n) is 5.57. The number of carbonyl (C=O) groups is 2. The average Bonchev–Trinajstić information content (AvgIpc) is 2.83. The number of carboxylic acids is 1. The first kappa shape index (κ1) is 11.5. The van der Waals surface area contributed by atoms with Crippen molar-refractivity contribution in [1.82, 2.24) is 19.9 Å². The highest BCUT2D eigenvalue weighted by atomic mass is 32.2. The van der Waals surface area contributed by atoms with E-state index in [2.05, 4.69) is 10.3 Å². The summed E-state index contributed by atoms with van der Waals surface area (Å²) in [7, 11) is 0. The summed E-state index contributed by atoms with van der Waals surface area (Å²) in [5, 5.41) is 16.9. The summed E-state index contributed by atoms with van der Waals surface area (Å²) >= 11 is 1.54. The van der Waals surface area contributed by atoms with Crippen molar-refractivity contribution in [2.45, 2.75) is 36.1 Å². The van der Waals surface area contributed by atoms with E-state index < -0.39 is 16.8 Å². The minimum absolute atomic E-state index is 0.00729. The lowest BCUT2D eigenvalue weighted by atomic mass is 9.96. The number of carboxylic acid groups (broad SMARTS) is 1. The summed E-state index contributed by atoms with van der Waals surface area (Å²) < 4.78 is 1.04. The summed E-state index contributed by atoms with van der Waals surface area (Å²) in [6.45, 7) is 2.29. The number of β-lactam (4-membered cyclic amide) rings is 1. The Kier molecular flexibility index (Phi) is 2.37. The van der Waals surface area contributed by atoms with E-state index in [1.165, 1.54) is 16.7 Å². The molecule has 1 aromatic rings. The molecule has 8 heteroatoms. The van der Waals surface area contributed by atoms with Crippen LogP contribution in [0.3, 0.4) is 0 Å². The van der Waals surface area contributed by atoms with Crippen molar-refractivity contribution in [3.8, 4) is 0 Å². The van der Waals surface area contributed by atoms with Gasteiger partial charge in [0.2, 0.25) is 5.91 Å². The molecule has 0 spiro atoms. The summed E-state index contributed by atoms with van der Waals surface area (Å²) in [6.07, 6.45) is 3.68. The molecule has 2 aliphatic heterocycles. The molecule has 0 radical (unpaired) electrons. The quantitative estimate of drug-likeness (QED) is 0.763. The van der Waals surface area contributed by atoms with Gasteiger partial charge in [0.15, 0.2) is 0 Å². The number of hydrogen-bond donors (Lipinski definition) is 1. The summed E-state index contributed by atoms with van der Waals surface area (Å²) in [6, 6.07) is -0.794. The number of aliphatic carboxylic acids is 1. The molecule has 1 N–H and O–H groups in total. The van der Waals surface area contributed by atoms with E-state index in [-0.39, 0.29) is 11.3 Å². The van der Waals surface area contributed by atoms with Crippen LogP contribution in [0.2, 0.25) is 0 Å². The molecule has 18 heavy (non-hydrogen) atoms. The monoisotopic (exact) mass is 268 g/mol. The minimum atomic E-state index is -0.958. The van der Waals surface area contributed by atoms with Crippen molar-refractivity contribution >= 4 is 23.6 Å². The molecule has 3 heterocycles. The zero-order valence-corrected chi connectivity index (χ0v) is 10.5. The van der Waals surface area contributed by atoms with Crippen LogP contribution in [-0.4, -0.2) is 53.0 Å². The molecule has 0 unspecified atom stereocenters. The number of amides is 1. The highest BCUT2D eigenvalue weighted by molar-refractivity contribution is 8.01. The number of rotatable bonds is 3. The Morgan fingerprint density at radius 1 is 1.72 bits per heavy atom. The molecule has 2 fully saturated rings. The van der Waals surface area contributed by atoms with Gasteiger partial charge in [0.1, 0.15) is 6.04 Å². The standard InChI is InChI=1S/C10H12N4O3S/c1-10(5-13-3-2-11-12-13)8(9(16)17)14-6(15)4-7(14)18-10/h2-3,7-8H,4-5H2,1H3,(H,16,17)/t7-,8-,10+/m1/s1. The lowest BCUT2D eigenvalue weighted by Crippen LogP contribution is -2.58. The van der Waals surface area contributed by atoms with E-state index in [1.54, 1.807) is 17.1 Å². The average molecular weight is 268 g/mol. The topological polar surface area (TPSA) is 88.3 Å². The van der Waals surface area contributed by atoms with Crippen LogP contribution in [0.5, 0.6) is 0 Å². The minimum Gasteiger partial charge on any atom is -0.480 e. The normalized spacial score (nSPS) is 34.3. The second-order valence-electron chi connectivity index (χ2n) is 4.73. The lowest BCUT2D eigenvalue weighted by molar-refractivity contribution is -0.157. The fraction of sp³-hybridized carbons (Fsp3) is 0.600. The number of fused-ring (bicyclic) bond motifs is 1. The molecule has 7 nitrogen and oxygen atoms in total. The van der Waals surface area contributed by atoms with Crippen LogP contribution < -0.4 is 0 Å². The van der Waals surface area contributed by atoms with Crippen molar-refractivity contribution in [2.75, 3.05) is 0 Å². The Labute approximate surface area is 107 Å². The predicted molar refractivity (Wildman–Crippen MR) is 62.7 cm³/mol. The maximum Gasteiger partial charge on any atom is 0.327 e. The van der Waals surface area contributed by atoms with Gasteiger partial charge in [-0.15, -0.1) is 16.9 Å². The maximum absolute atomic E-state index is 11.5. The van der Waals surface area contributed by atoms with Gasteiger partial charge in [-0.3, -0.25) is 9.48 Å². The third-order valence-electron chi connectivity index (χ3n) is 3.39. The van der Waals surface area contributed by atoms with Gasteiger partial charge in [0, 0.05) is 6.20 Å². The molecule has 0 bridgehead atoms. The highest BCUT2D eigenvalue weighted by Gasteiger charge is 2.60. The maximum atomic E-state index is 11.5. The van der Waals surface area contributed by atoms with Crippen LogP contribution in [0.15, 0.2) is 12.4 Å². The van der Waals surface area contributed by atoms with Crippen LogP contribution in [0, 0.1) is 0 Å². The van der Waals surface area contributed by atoms with Gasteiger partial charge >= 0.3 is 5.97 Å². The molecule has 3 rings (SSSR count). The lowest BCUT2D eigenvalue weighted by Gasteiger charge is -2.36. The molecule has 0 aliphatic carbocycles. The van der Waals surface area contributed by atoms with Gasteiger partial charge in [-0.2, -0.15) is 0 Å².